The summed E-state index contributed by atoms with van der Waals surface area (Å²) in [5.74, 6) is -0.715. The summed E-state index contributed by atoms with van der Waals surface area (Å²) in [5.41, 5.74) is 0.419. The third-order valence-electron chi connectivity index (χ3n) is 1.77. The van der Waals surface area contributed by atoms with Crippen LogP contribution in [0.5, 0.6) is 0 Å². The number of hydrogen-bond donors (Lipinski definition) is 1. The maximum atomic E-state index is 11.1. The number of nitrogens with one attached hydrogen (secondary N) is 1. The van der Waals surface area contributed by atoms with Crippen molar-refractivity contribution in [2.75, 3.05) is 12.4 Å². The smallest absolute Gasteiger partial charge is 0.350 e. The van der Waals surface area contributed by atoms with Crippen LogP contribution in [0.25, 0.3) is 0 Å². The van der Waals surface area contributed by atoms with Gasteiger partial charge in [0.2, 0.25) is 0 Å². The molecule has 0 aliphatic carbocycles. The number of rotatable bonds is 3. The molecule has 88 valence electrons. The quantitative estimate of drug-likeness (QED) is 0.521. The molecule has 0 amide bonds. The van der Waals surface area contributed by atoms with Gasteiger partial charge in [-0.05, 0) is 18.2 Å². The van der Waals surface area contributed by atoms with Crippen molar-refractivity contribution in [3.8, 4) is 6.07 Å². The number of esters is 1. The zero-order chi connectivity index (χ0) is 12.8. The number of hydrogen-bond acceptors (Lipinski definition) is 4. The summed E-state index contributed by atoms with van der Waals surface area (Å²) < 4.78 is 4.42. The molecule has 1 aromatic carbocycles. The van der Waals surface area contributed by atoms with E-state index in [2.05, 4.69) is 10.1 Å². The molecular formula is C11H8Cl2N2O2. The zero-order valence-corrected chi connectivity index (χ0v) is 10.3. The molecule has 0 heterocycles. The van der Waals surface area contributed by atoms with Gasteiger partial charge in [0.05, 0.1) is 7.11 Å². The van der Waals surface area contributed by atoms with Crippen molar-refractivity contribution in [1.82, 2.24) is 0 Å². The normalized spacial score (nSPS) is 10.6. The van der Waals surface area contributed by atoms with Crippen LogP contribution in [-0.2, 0) is 9.53 Å². The average Bonchev–Trinajstić information content (AvgIpc) is 2.28. The molecule has 0 radical (unpaired) electrons. The largest absolute Gasteiger partial charge is 0.465 e. The Kier molecular flexibility index (Phi) is 4.83. The highest BCUT2D eigenvalue weighted by Crippen LogP contribution is 2.22. The molecule has 17 heavy (non-hydrogen) atoms. The zero-order valence-electron chi connectivity index (χ0n) is 8.83. The van der Waals surface area contributed by atoms with Gasteiger partial charge >= 0.3 is 5.97 Å². The van der Waals surface area contributed by atoms with E-state index in [4.69, 9.17) is 28.5 Å². The van der Waals surface area contributed by atoms with Crippen LogP contribution in [0.4, 0.5) is 5.69 Å². The van der Waals surface area contributed by atoms with Crippen LogP contribution in [0.2, 0.25) is 10.0 Å². The molecule has 0 aliphatic rings. The summed E-state index contributed by atoms with van der Waals surface area (Å²) in [4.78, 5) is 11.1. The van der Waals surface area contributed by atoms with Gasteiger partial charge in [-0.1, -0.05) is 23.2 Å². The van der Waals surface area contributed by atoms with Crippen molar-refractivity contribution in [1.29, 1.82) is 5.26 Å². The summed E-state index contributed by atoms with van der Waals surface area (Å²) in [7, 11) is 1.20. The second-order valence-electron chi connectivity index (χ2n) is 2.96. The van der Waals surface area contributed by atoms with E-state index in [0.29, 0.717) is 15.7 Å². The summed E-state index contributed by atoms with van der Waals surface area (Å²) in [6.45, 7) is 0. The third kappa shape index (κ3) is 3.99. The number of carbonyl (C=O) groups is 1. The Morgan fingerprint density at radius 3 is 2.47 bits per heavy atom. The van der Waals surface area contributed by atoms with Gasteiger partial charge < -0.3 is 10.1 Å². The van der Waals surface area contributed by atoms with Crippen molar-refractivity contribution in [2.45, 2.75) is 0 Å². The SMILES string of the molecule is COC(=O)/C(C#N)=C/Nc1cc(Cl)cc(Cl)c1. The first-order chi connectivity index (χ1) is 8.06. The lowest BCUT2D eigenvalue weighted by atomic mass is 10.3. The second-order valence-corrected chi connectivity index (χ2v) is 3.84. The number of nitriles is 1. The Bertz CT molecular complexity index is 486. The minimum absolute atomic E-state index is 0.149. The molecule has 0 saturated carbocycles. The predicted octanol–water partition coefficient (Wildman–Crippen LogP) is 2.99. The van der Waals surface area contributed by atoms with Crippen molar-refractivity contribution in [2.24, 2.45) is 0 Å². The molecule has 0 spiro atoms. The first-order valence-corrected chi connectivity index (χ1v) is 5.23. The molecule has 0 unspecified atom stereocenters. The number of carbonyl (C=O) groups excluding carboxylic acids is 1. The molecule has 0 atom stereocenters. The summed E-state index contributed by atoms with van der Waals surface area (Å²) in [6.07, 6.45) is 1.23. The average molecular weight is 271 g/mol. The van der Waals surface area contributed by atoms with Crippen molar-refractivity contribution in [3.63, 3.8) is 0 Å². The summed E-state index contributed by atoms with van der Waals surface area (Å²) in [5, 5.41) is 12.3. The lowest BCUT2D eigenvalue weighted by Crippen LogP contribution is -2.05. The number of anilines is 1. The second kappa shape index (κ2) is 6.14. The van der Waals surface area contributed by atoms with E-state index in [1.54, 1.807) is 24.3 Å². The van der Waals surface area contributed by atoms with Crippen LogP contribution in [-0.4, -0.2) is 13.1 Å². The fourth-order valence-electron chi connectivity index (χ4n) is 1.04. The minimum atomic E-state index is -0.715. The Balaban J connectivity index is 2.88. The lowest BCUT2D eigenvalue weighted by Gasteiger charge is -2.03. The van der Waals surface area contributed by atoms with E-state index >= 15 is 0 Å². The molecule has 1 aromatic rings. The van der Waals surface area contributed by atoms with Crippen LogP contribution in [0.3, 0.4) is 0 Å². The highest BCUT2D eigenvalue weighted by molar-refractivity contribution is 6.35. The molecule has 1 rings (SSSR count). The van der Waals surface area contributed by atoms with Gasteiger partial charge in [0.25, 0.3) is 0 Å². The molecule has 0 saturated heterocycles. The van der Waals surface area contributed by atoms with E-state index in [9.17, 15) is 4.79 Å². The molecule has 0 bridgehead atoms. The van der Waals surface area contributed by atoms with E-state index in [1.165, 1.54) is 13.3 Å². The van der Waals surface area contributed by atoms with Crippen molar-refractivity contribution >= 4 is 34.9 Å². The van der Waals surface area contributed by atoms with E-state index in [1.807, 2.05) is 0 Å². The summed E-state index contributed by atoms with van der Waals surface area (Å²) >= 11 is 11.6. The predicted molar refractivity (Wildman–Crippen MR) is 65.8 cm³/mol. The minimum Gasteiger partial charge on any atom is -0.465 e. The molecule has 0 aromatic heterocycles. The maximum absolute atomic E-state index is 11.1. The molecule has 6 heteroatoms. The number of ether oxygens (including phenoxy) is 1. The van der Waals surface area contributed by atoms with Crippen LogP contribution in [0, 0.1) is 11.3 Å². The van der Waals surface area contributed by atoms with Crippen molar-refractivity contribution < 1.29 is 9.53 Å². The van der Waals surface area contributed by atoms with Gasteiger partial charge in [0.1, 0.15) is 6.07 Å². The van der Waals surface area contributed by atoms with Gasteiger partial charge in [0, 0.05) is 21.9 Å². The third-order valence-corrected chi connectivity index (χ3v) is 2.21. The van der Waals surface area contributed by atoms with Crippen LogP contribution < -0.4 is 5.32 Å². The molecule has 1 N–H and O–H groups in total. The lowest BCUT2D eigenvalue weighted by molar-refractivity contribution is -0.135. The van der Waals surface area contributed by atoms with E-state index < -0.39 is 5.97 Å². The first-order valence-electron chi connectivity index (χ1n) is 4.48. The Morgan fingerprint density at radius 2 is 2.00 bits per heavy atom. The number of halogens is 2. The molecular weight excluding hydrogens is 263 g/mol. The van der Waals surface area contributed by atoms with Crippen LogP contribution >= 0.6 is 23.2 Å². The van der Waals surface area contributed by atoms with Gasteiger partial charge in [-0.2, -0.15) is 5.26 Å². The van der Waals surface area contributed by atoms with E-state index in [0.717, 1.165) is 0 Å². The Labute approximate surface area is 108 Å². The van der Waals surface area contributed by atoms with Gasteiger partial charge in [-0.25, -0.2) is 4.79 Å². The molecule has 0 aliphatic heterocycles. The molecule has 0 fully saturated rings. The van der Waals surface area contributed by atoms with Crippen molar-refractivity contribution in [3.05, 3.63) is 40.0 Å². The fraction of sp³-hybridized carbons (Fsp3) is 0.0909. The van der Waals surface area contributed by atoms with Gasteiger partial charge in [0.15, 0.2) is 5.57 Å². The highest BCUT2D eigenvalue weighted by atomic mass is 35.5. The van der Waals surface area contributed by atoms with Gasteiger partial charge in [-0.15, -0.1) is 0 Å². The monoisotopic (exact) mass is 270 g/mol. The maximum Gasteiger partial charge on any atom is 0.350 e. The highest BCUT2D eigenvalue weighted by Gasteiger charge is 2.07. The van der Waals surface area contributed by atoms with E-state index in [-0.39, 0.29) is 5.57 Å². The Hall–Kier alpha value is -1.70. The standard InChI is InChI=1S/C11H8Cl2N2O2/c1-17-11(16)7(5-14)6-15-10-3-8(12)2-9(13)4-10/h2-4,6,15H,1H3/b7-6+. The number of benzene rings is 1. The van der Waals surface area contributed by atoms with Crippen LogP contribution in [0.1, 0.15) is 0 Å². The number of methoxy groups -OCH3 is 1. The first kappa shape index (κ1) is 13.4. The Morgan fingerprint density at radius 1 is 1.41 bits per heavy atom. The topological polar surface area (TPSA) is 62.1 Å². The molecule has 4 nitrogen and oxygen atoms in total. The summed E-state index contributed by atoms with van der Waals surface area (Å²) in [6, 6.07) is 6.50. The van der Waals surface area contributed by atoms with Gasteiger partial charge in [-0.3, -0.25) is 0 Å². The fourth-order valence-corrected chi connectivity index (χ4v) is 1.57. The van der Waals surface area contributed by atoms with Crippen LogP contribution in [0.15, 0.2) is 30.0 Å². The number of nitrogens with zero attached hydrogens (tertiary/aromatic N) is 1.